The standard InChI is InChI=1S/C14H31NO/c1-6-9-12(5)13(8-3)15-10-14(16)11(4)7-2/h11-16H,6-10H2,1-5H3. The molecule has 0 saturated carbocycles. The monoisotopic (exact) mass is 229 g/mol. The first-order valence-electron chi connectivity index (χ1n) is 6.98. The molecule has 0 rings (SSSR count). The molecule has 4 unspecified atom stereocenters. The van der Waals surface area contributed by atoms with Gasteiger partial charge in [-0.15, -0.1) is 0 Å². The number of hydrogen-bond acceptors (Lipinski definition) is 2. The Morgan fingerprint density at radius 1 is 1.00 bits per heavy atom. The van der Waals surface area contributed by atoms with Gasteiger partial charge in [-0.25, -0.2) is 0 Å². The molecule has 2 heteroatoms. The molecule has 4 atom stereocenters. The van der Waals surface area contributed by atoms with Gasteiger partial charge < -0.3 is 10.4 Å². The third kappa shape index (κ3) is 5.86. The second-order valence-corrected chi connectivity index (χ2v) is 5.14. The molecule has 0 saturated heterocycles. The first-order chi connectivity index (χ1) is 7.56. The van der Waals surface area contributed by atoms with E-state index >= 15 is 0 Å². The molecular formula is C14H31NO. The van der Waals surface area contributed by atoms with Gasteiger partial charge in [0.1, 0.15) is 0 Å². The van der Waals surface area contributed by atoms with E-state index in [9.17, 15) is 5.11 Å². The lowest BCUT2D eigenvalue weighted by molar-refractivity contribution is 0.106. The fraction of sp³-hybridized carbons (Fsp3) is 1.00. The number of hydrogen-bond donors (Lipinski definition) is 2. The van der Waals surface area contributed by atoms with Gasteiger partial charge in [0.15, 0.2) is 0 Å². The van der Waals surface area contributed by atoms with E-state index in [1.807, 2.05) is 0 Å². The minimum absolute atomic E-state index is 0.201. The van der Waals surface area contributed by atoms with Crippen LogP contribution in [0, 0.1) is 11.8 Å². The van der Waals surface area contributed by atoms with Crippen LogP contribution in [0.1, 0.15) is 60.3 Å². The van der Waals surface area contributed by atoms with Crippen LogP contribution in [0.3, 0.4) is 0 Å². The summed E-state index contributed by atoms with van der Waals surface area (Å²) in [6.45, 7) is 11.7. The van der Waals surface area contributed by atoms with Crippen LogP contribution in [0.25, 0.3) is 0 Å². The summed E-state index contributed by atoms with van der Waals surface area (Å²) < 4.78 is 0. The second-order valence-electron chi connectivity index (χ2n) is 5.14. The van der Waals surface area contributed by atoms with Crippen LogP contribution in [0.5, 0.6) is 0 Å². The van der Waals surface area contributed by atoms with Gasteiger partial charge in [-0.05, 0) is 24.7 Å². The number of rotatable bonds is 9. The smallest absolute Gasteiger partial charge is 0.0690 e. The van der Waals surface area contributed by atoms with Crippen molar-refractivity contribution in [2.45, 2.75) is 72.4 Å². The molecule has 2 nitrogen and oxygen atoms in total. The fourth-order valence-electron chi connectivity index (χ4n) is 2.15. The summed E-state index contributed by atoms with van der Waals surface area (Å²) in [6.07, 6.45) is 4.50. The third-order valence-electron chi connectivity index (χ3n) is 3.76. The van der Waals surface area contributed by atoms with Crippen molar-refractivity contribution in [1.82, 2.24) is 5.32 Å². The highest BCUT2D eigenvalue weighted by Crippen LogP contribution is 2.14. The minimum Gasteiger partial charge on any atom is -0.392 e. The molecule has 0 fully saturated rings. The first kappa shape index (κ1) is 15.9. The van der Waals surface area contributed by atoms with E-state index < -0.39 is 0 Å². The maximum absolute atomic E-state index is 9.91. The predicted molar refractivity (Wildman–Crippen MR) is 71.6 cm³/mol. The Morgan fingerprint density at radius 3 is 2.06 bits per heavy atom. The number of nitrogens with one attached hydrogen (secondary N) is 1. The topological polar surface area (TPSA) is 32.3 Å². The van der Waals surface area contributed by atoms with Crippen LogP contribution in [-0.4, -0.2) is 23.8 Å². The third-order valence-corrected chi connectivity index (χ3v) is 3.76. The Balaban J connectivity index is 3.94. The van der Waals surface area contributed by atoms with Gasteiger partial charge in [-0.3, -0.25) is 0 Å². The maximum Gasteiger partial charge on any atom is 0.0690 e. The molecular weight excluding hydrogens is 198 g/mol. The van der Waals surface area contributed by atoms with Gasteiger partial charge in [0, 0.05) is 12.6 Å². The number of aliphatic hydroxyl groups is 1. The van der Waals surface area contributed by atoms with E-state index in [4.69, 9.17) is 0 Å². The van der Waals surface area contributed by atoms with Gasteiger partial charge >= 0.3 is 0 Å². The summed E-state index contributed by atoms with van der Waals surface area (Å²) in [5.41, 5.74) is 0. The Labute approximate surface area is 102 Å². The van der Waals surface area contributed by atoms with Crippen molar-refractivity contribution in [2.24, 2.45) is 11.8 Å². The average molecular weight is 229 g/mol. The zero-order valence-corrected chi connectivity index (χ0v) is 11.8. The van der Waals surface area contributed by atoms with Crippen LogP contribution in [0.4, 0.5) is 0 Å². The zero-order valence-electron chi connectivity index (χ0n) is 11.8. The van der Waals surface area contributed by atoms with Gasteiger partial charge in [-0.1, -0.05) is 47.5 Å². The molecule has 2 N–H and O–H groups in total. The summed E-state index contributed by atoms with van der Waals surface area (Å²) in [6, 6.07) is 0.554. The van der Waals surface area contributed by atoms with E-state index in [0.717, 1.165) is 19.4 Å². The van der Waals surface area contributed by atoms with Crippen molar-refractivity contribution in [3.63, 3.8) is 0 Å². The quantitative estimate of drug-likeness (QED) is 0.636. The maximum atomic E-state index is 9.91. The van der Waals surface area contributed by atoms with Crippen molar-refractivity contribution < 1.29 is 5.11 Å². The van der Waals surface area contributed by atoms with Gasteiger partial charge in [0.2, 0.25) is 0 Å². The van der Waals surface area contributed by atoms with Gasteiger partial charge in [0.05, 0.1) is 6.10 Å². The molecule has 0 amide bonds. The molecule has 16 heavy (non-hydrogen) atoms. The summed E-state index contributed by atoms with van der Waals surface area (Å²) >= 11 is 0. The molecule has 0 aromatic carbocycles. The Kier molecular flexibility index (Phi) is 8.96. The lowest BCUT2D eigenvalue weighted by Gasteiger charge is -2.26. The highest BCUT2D eigenvalue weighted by Gasteiger charge is 2.17. The summed E-state index contributed by atoms with van der Waals surface area (Å²) in [5.74, 6) is 1.10. The van der Waals surface area contributed by atoms with Crippen LogP contribution < -0.4 is 5.32 Å². The predicted octanol–water partition coefficient (Wildman–Crippen LogP) is 3.20. The average Bonchev–Trinajstić information content (AvgIpc) is 2.28. The van der Waals surface area contributed by atoms with E-state index in [1.165, 1.54) is 12.8 Å². The molecule has 0 aliphatic carbocycles. The fourth-order valence-corrected chi connectivity index (χ4v) is 2.15. The summed E-state index contributed by atoms with van der Waals surface area (Å²) in [5, 5.41) is 13.4. The molecule has 0 aromatic heterocycles. The highest BCUT2D eigenvalue weighted by atomic mass is 16.3. The minimum atomic E-state index is -0.201. The van der Waals surface area contributed by atoms with Crippen molar-refractivity contribution >= 4 is 0 Å². The molecule has 0 heterocycles. The molecule has 0 aliphatic heterocycles. The Morgan fingerprint density at radius 2 is 1.62 bits per heavy atom. The molecule has 0 radical (unpaired) electrons. The molecule has 0 aromatic rings. The Hall–Kier alpha value is -0.0800. The van der Waals surface area contributed by atoms with Gasteiger partial charge in [-0.2, -0.15) is 0 Å². The highest BCUT2D eigenvalue weighted by molar-refractivity contribution is 4.75. The van der Waals surface area contributed by atoms with Crippen LogP contribution in [0.2, 0.25) is 0 Å². The van der Waals surface area contributed by atoms with Crippen molar-refractivity contribution in [2.75, 3.05) is 6.54 Å². The van der Waals surface area contributed by atoms with Crippen LogP contribution in [0.15, 0.2) is 0 Å². The number of aliphatic hydroxyl groups excluding tert-OH is 1. The van der Waals surface area contributed by atoms with E-state index in [0.29, 0.717) is 17.9 Å². The summed E-state index contributed by atoms with van der Waals surface area (Å²) in [7, 11) is 0. The summed E-state index contributed by atoms with van der Waals surface area (Å²) in [4.78, 5) is 0. The Bertz CT molecular complexity index is 161. The molecule has 0 aliphatic rings. The first-order valence-corrected chi connectivity index (χ1v) is 6.98. The normalized spacial score (nSPS) is 19.1. The zero-order chi connectivity index (χ0) is 12.6. The van der Waals surface area contributed by atoms with E-state index in [1.54, 1.807) is 0 Å². The van der Waals surface area contributed by atoms with E-state index in [-0.39, 0.29) is 6.10 Å². The van der Waals surface area contributed by atoms with E-state index in [2.05, 4.69) is 39.9 Å². The molecule has 98 valence electrons. The lowest BCUT2D eigenvalue weighted by Crippen LogP contribution is -2.41. The SMILES string of the molecule is CCCC(C)C(CC)NCC(O)C(C)CC. The lowest BCUT2D eigenvalue weighted by atomic mass is 9.94. The van der Waals surface area contributed by atoms with Crippen molar-refractivity contribution in [1.29, 1.82) is 0 Å². The van der Waals surface area contributed by atoms with Crippen LogP contribution >= 0.6 is 0 Å². The molecule has 0 spiro atoms. The van der Waals surface area contributed by atoms with Gasteiger partial charge in [0.25, 0.3) is 0 Å². The van der Waals surface area contributed by atoms with Crippen molar-refractivity contribution in [3.05, 3.63) is 0 Å². The second kappa shape index (κ2) is 9.00. The largest absolute Gasteiger partial charge is 0.392 e. The molecule has 0 bridgehead atoms. The van der Waals surface area contributed by atoms with Crippen LogP contribution in [-0.2, 0) is 0 Å². The van der Waals surface area contributed by atoms with Crippen molar-refractivity contribution in [3.8, 4) is 0 Å².